The summed E-state index contributed by atoms with van der Waals surface area (Å²) >= 11 is 7.84. The van der Waals surface area contributed by atoms with E-state index < -0.39 is 29.4 Å². The van der Waals surface area contributed by atoms with Gasteiger partial charge in [0.05, 0.1) is 10.9 Å². The van der Waals surface area contributed by atoms with E-state index in [9.17, 15) is 28.0 Å². The maximum atomic E-state index is 13.6. The molecule has 1 fully saturated rings. The van der Waals surface area contributed by atoms with E-state index in [1.807, 2.05) is 20.8 Å². The van der Waals surface area contributed by atoms with Crippen molar-refractivity contribution in [1.29, 1.82) is 0 Å². The third-order valence-electron chi connectivity index (χ3n) is 6.12. The summed E-state index contributed by atoms with van der Waals surface area (Å²) in [6.45, 7) is 11.2. The van der Waals surface area contributed by atoms with E-state index in [0.29, 0.717) is 20.4 Å². The molecule has 0 saturated carbocycles. The van der Waals surface area contributed by atoms with E-state index in [4.69, 9.17) is 17.0 Å². The molecule has 0 bridgehead atoms. The first-order chi connectivity index (χ1) is 20.4. The Morgan fingerprint density at radius 3 is 2.41 bits per heavy atom. The van der Waals surface area contributed by atoms with Crippen molar-refractivity contribution in [2.75, 3.05) is 13.1 Å². The van der Waals surface area contributed by atoms with Crippen molar-refractivity contribution in [2.45, 2.75) is 72.4 Å². The lowest BCUT2D eigenvalue weighted by Crippen LogP contribution is -2.46. The highest BCUT2D eigenvalue weighted by atomic mass is 32.2. The summed E-state index contributed by atoms with van der Waals surface area (Å²) in [5, 5.41) is 7.16. The Labute approximate surface area is 270 Å². The second-order valence-corrected chi connectivity index (χ2v) is 15.1. The number of amides is 3. The van der Waals surface area contributed by atoms with Gasteiger partial charge in [-0.2, -0.15) is 0 Å². The number of thiophene rings is 1. The van der Waals surface area contributed by atoms with Crippen LogP contribution < -0.4 is 10.6 Å². The van der Waals surface area contributed by atoms with Gasteiger partial charge < -0.3 is 15.4 Å². The average Bonchev–Trinajstić information content (AvgIpc) is 3.45. The fraction of sp³-hybridized carbons (Fsp3) is 0.452. The van der Waals surface area contributed by atoms with Crippen LogP contribution in [0.15, 0.2) is 34.6 Å². The van der Waals surface area contributed by atoms with Crippen molar-refractivity contribution in [3.8, 4) is 11.1 Å². The monoisotopic (exact) mass is 665 g/mol. The molecular formula is C31H37F2N3O5S3. The van der Waals surface area contributed by atoms with E-state index in [-0.39, 0.29) is 55.4 Å². The van der Waals surface area contributed by atoms with Crippen LogP contribution in [-0.4, -0.2) is 57.6 Å². The van der Waals surface area contributed by atoms with E-state index in [2.05, 4.69) is 10.6 Å². The third-order valence-corrected chi connectivity index (χ3v) is 8.38. The maximum absolute atomic E-state index is 13.6. The zero-order chi connectivity index (χ0) is 32.8. The second kappa shape index (κ2) is 14.7. The van der Waals surface area contributed by atoms with Gasteiger partial charge in [0.1, 0.15) is 9.92 Å². The molecule has 3 rings (SSSR count). The van der Waals surface area contributed by atoms with Crippen molar-refractivity contribution < 1.29 is 32.7 Å². The average molecular weight is 666 g/mol. The highest BCUT2D eigenvalue weighted by Crippen LogP contribution is 2.35. The van der Waals surface area contributed by atoms with Gasteiger partial charge in [-0.25, -0.2) is 13.6 Å². The van der Waals surface area contributed by atoms with Crippen molar-refractivity contribution >= 4 is 69.4 Å². The van der Waals surface area contributed by atoms with Gasteiger partial charge in [0.15, 0.2) is 17.4 Å². The van der Waals surface area contributed by atoms with Crippen LogP contribution in [0.4, 0.5) is 13.6 Å². The van der Waals surface area contributed by atoms with Gasteiger partial charge in [-0.3, -0.25) is 19.3 Å². The lowest BCUT2D eigenvalue weighted by Gasteiger charge is -2.25. The number of carbonyl (C=O) groups is 4. The van der Waals surface area contributed by atoms with Gasteiger partial charge in [-0.15, -0.1) is 11.3 Å². The summed E-state index contributed by atoms with van der Waals surface area (Å²) in [5.74, 6) is -2.69. The summed E-state index contributed by atoms with van der Waals surface area (Å²) in [7, 11) is 0. The van der Waals surface area contributed by atoms with Crippen LogP contribution in [0, 0.1) is 17.0 Å². The molecule has 2 aromatic rings. The zero-order valence-electron chi connectivity index (χ0n) is 25.5. The Kier molecular flexibility index (Phi) is 11.8. The Morgan fingerprint density at radius 1 is 1.07 bits per heavy atom. The molecule has 44 heavy (non-hydrogen) atoms. The number of thiocarbonyl (C=S) groups is 1. The van der Waals surface area contributed by atoms with E-state index in [1.54, 1.807) is 38.3 Å². The molecule has 1 aliphatic rings. The molecule has 1 aromatic heterocycles. The minimum Gasteiger partial charge on any atom is -0.444 e. The fourth-order valence-corrected chi connectivity index (χ4v) is 6.37. The number of ketones is 1. The smallest absolute Gasteiger partial charge is 0.408 e. The summed E-state index contributed by atoms with van der Waals surface area (Å²) in [5.41, 5.74) is 0.196. The predicted molar refractivity (Wildman–Crippen MR) is 174 cm³/mol. The molecule has 2 heterocycles. The molecule has 0 radical (unpaired) electrons. The Bertz CT molecular complexity index is 1460. The Balaban J connectivity index is 1.53. The minimum atomic E-state index is -0.938. The molecule has 0 spiro atoms. The van der Waals surface area contributed by atoms with Gasteiger partial charge >= 0.3 is 6.09 Å². The first-order valence-corrected chi connectivity index (χ1v) is 16.1. The SMILES string of the molecule is CC(C)(C)CC(=O)[C@H](CCNC(=O)CCN1C(=O)C(=Cc2cc(-c3ccc(F)c(F)c3)cs2)SC1=S)NC(=O)OC(C)(C)C. The predicted octanol–water partition coefficient (Wildman–Crippen LogP) is 6.69. The molecule has 0 unspecified atom stereocenters. The number of alkyl carbamates (subject to hydrolysis) is 1. The zero-order valence-corrected chi connectivity index (χ0v) is 28.0. The highest BCUT2D eigenvalue weighted by molar-refractivity contribution is 8.26. The molecule has 2 N–H and O–H groups in total. The third kappa shape index (κ3) is 10.8. The lowest BCUT2D eigenvalue weighted by molar-refractivity contribution is -0.125. The van der Waals surface area contributed by atoms with Crippen LogP contribution >= 0.6 is 35.3 Å². The van der Waals surface area contributed by atoms with Crippen molar-refractivity contribution in [2.24, 2.45) is 5.41 Å². The summed E-state index contributed by atoms with van der Waals surface area (Å²) in [6.07, 6.45) is 1.37. The highest BCUT2D eigenvalue weighted by Gasteiger charge is 2.32. The molecule has 1 atom stereocenters. The minimum absolute atomic E-state index is 0.0148. The number of thioether (sulfide) groups is 1. The summed E-state index contributed by atoms with van der Waals surface area (Å²) in [6, 6.07) is 4.61. The molecular weight excluding hydrogens is 629 g/mol. The summed E-state index contributed by atoms with van der Waals surface area (Å²) in [4.78, 5) is 53.3. The van der Waals surface area contributed by atoms with E-state index in [1.165, 1.54) is 22.3 Å². The normalized spacial score (nSPS) is 15.5. The van der Waals surface area contributed by atoms with Crippen molar-refractivity contribution in [3.63, 3.8) is 0 Å². The van der Waals surface area contributed by atoms with Gasteiger partial charge in [0, 0.05) is 30.8 Å². The first-order valence-electron chi connectivity index (χ1n) is 14.0. The molecule has 1 aliphatic heterocycles. The van der Waals surface area contributed by atoms with Crippen molar-refractivity contribution in [1.82, 2.24) is 15.5 Å². The number of hydrogen-bond donors (Lipinski definition) is 2. The number of hydrogen-bond acceptors (Lipinski definition) is 8. The van der Waals surface area contributed by atoms with Gasteiger partial charge in [0.25, 0.3) is 5.91 Å². The van der Waals surface area contributed by atoms with Crippen LogP contribution in [0.5, 0.6) is 0 Å². The quantitative estimate of drug-likeness (QED) is 0.204. The molecule has 8 nitrogen and oxygen atoms in total. The molecule has 13 heteroatoms. The largest absolute Gasteiger partial charge is 0.444 e. The first kappa shape index (κ1) is 35.3. The number of carbonyl (C=O) groups excluding carboxylic acids is 4. The molecule has 0 aliphatic carbocycles. The Morgan fingerprint density at radius 2 is 1.77 bits per heavy atom. The number of Topliss-reactive ketones (excluding diaryl/α,β-unsaturated/α-hetero) is 1. The molecule has 1 saturated heterocycles. The number of nitrogens with one attached hydrogen (secondary N) is 2. The standard InChI is InChI=1S/C31H37F2N3O5S3/c1-30(2,3)16-24(37)23(35-28(40)41-31(4,5)6)9-11-34-26(38)10-12-36-27(39)25(44-29(36)42)15-20-13-19(17-43-20)18-7-8-21(32)22(33)14-18/h7-8,13-15,17,23H,9-12,16H2,1-6H3,(H,34,38)(H,35,40)/t23-/m0/s1. The van der Waals surface area contributed by atoms with Crippen LogP contribution in [-0.2, 0) is 19.1 Å². The molecule has 3 amide bonds. The maximum Gasteiger partial charge on any atom is 0.408 e. The topological polar surface area (TPSA) is 105 Å². The summed E-state index contributed by atoms with van der Waals surface area (Å²) < 4.78 is 32.5. The van der Waals surface area contributed by atoms with Crippen molar-refractivity contribution in [3.05, 3.63) is 51.1 Å². The molecule has 1 aromatic carbocycles. The van der Waals surface area contributed by atoms with E-state index in [0.717, 1.165) is 28.8 Å². The number of nitrogens with zero attached hydrogens (tertiary/aromatic N) is 1. The van der Waals surface area contributed by atoms with Gasteiger partial charge in [-0.05, 0) is 73.4 Å². The number of benzene rings is 1. The van der Waals surface area contributed by atoms with Gasteiger partial charge in [-0.1, -0.05) is 50.8 Å². The van der Waals surface area contributed by atoms with Gasteiger partial charge in [0.2, 0.25) is 5.91 Å². The van der Waals surface area contributed by atoms with Crippen LogP contribution in [0.25, 0.3) is 17.2 Å². The number of halogens is 2. The number of rotatable bonds is 11. The fourth-order valence-electron chi connectivity index (χ4n) is 4.14. The van der Waals surface area contributed by atoms with Crippen LogP contribution in [0.1, 0.15) is 65.7 Å². The van der Waals surface area contributed by atoms with E-state index >= 15 is 0 Å². The Hall–Kier alpha value is -3.16. The number of ether oxygens (including phenoxy) is 1. The lowest BCUT2D eigenvalue weighted by atomic mass is 9.87. The van der Waals surface area contributed by atoms with Crippen LogP contribution in [0.3, 0.4) is 0 Å². The van der Waals surface area contributed by atoms with Crippen LogP contribution in [0.2, 0.25) is 0 Å². The molecule has 238 valence electrons. The second-order valence-electron chi connectivity index (χ2n) is 12.5.